The lowest BCUT2D eigenvalue weighted by atomic mass is 10.0. The van der Waals surface area contributed by atoms with Gasteiger partial charge in [0.05, 0.1) is 14.2 Å². The van der Waals surface area contributed by atoms with Gasteiger partial charge in [0.2, 0.25) is 0 Å². The van der Waals surface area contributed by atoms with Crippen LogP contribution in [0.15, 0.2) is 48.8 Å². The van der Waals surface area contributed by atoms with Crippen LogP contribution >= 0.6 is 0 Å². The third-order valence-electron chi connectivity index (χ3n) is 5.13. The summed E-state index contributed by atoms with van der Waals surface area (Å²) in [4.78, 5) is 11.6. The Balaban J connectivity index is 2.14. The third-order valence-corrected chi connectivity index (χ3v) is 5.13. The van der Waals surface area contributed by atoms with Crippen LogP contribution in [0.5, 0.6) is 11.5 Å². The number of fused-ring (bicyclic) bond motifs is 1. The lowest BCUT2D eigenvalue weighted by Crippen LogP contribution is -2.35. The van der Waals surface area contributed by atoms with Crippen LogP contribution in [0.4, 0.5) is 5.82 Å². The van der Waals surface area contributed by atoms with Crippen molar-refractivity contribution in [2.45, 2.75) is 45.7 Å². The van der Waals surface area contributed by atoms with Crippen molar-refractivity contribution in [3.8, 4) is 11.5 Å². The third kappa shape index (κ3) is 4.03. The van der Waals surface area contributed by atoms with Crippen molar-refractivity contribution in [1.29, 1.82) is 0 Å². The van der Waals surface area contributed by atoms with Gasteiger partial charge in [-0.15, -0.1) is 0 Å². The van der Waals surface area contributed by atoms with E-state index in [1.807, 2.05) is 12.1 Å². The number of hydrogen-bond donors (Lipinski definition) is 0. The zero-order valence-corrected chi connectivity index (χ0v) is 17.2. The van der Waals surface area contributed by atoms with E-state index in [0.717, 1.165) is 42.5 Å². The predicted octanol–water partition coefficient (Wildman–Crippen LogP) is 5.23. The Kier molecular flexibility index (Phi) is 6.69. The van der Waals surface area contributed by atoms with Crippen molar-refractivity contribution >= 4 is 16.7 Å². The first-order valence-corrected chi connectivity index (χ1v) is 9.89. The second kappa shape index (κ2) is 9.40. The van der Waals surface area contributed by atoms with Crippen molar-refractivity contribution in [3.05, 3.63) is 54.4 Å². The SMILES string of the molecule is CCC[C@H](CC)N(Cc1ccccc1)c1ncnc2c(OC)c(OC)ccc12. The van der Waals surface area contributed by atoms with E-state index in [1.165, 1.54) is 5.56 Å². The van der Waals surface area contributed by atoms with Crippen molar-refractivity contribution in [2.24, 2.45) is 0 Å². The summed E-state index contributed by atoms with van der Waals surface area (Å²) in [7, 11) is 3.29. The molecule has 5 nitrogen and oxygen atoms in total. The molecule has 0 amide bonds. The molecule has 0 N–H and O–H groups in total. The fourth-order valence-corrected chi connectivity index (χ4v) is 3.73. The normalized spacial score (nSPS) is 12.0. The molecule has 0 fully saturated rings. The molecule has 1 atom stereocenters. The number of nitrogens with zero attached hydrogens (tertiary/aromatic N) is 3. The molecule has 5 heteroatoms. The molecule has 0 bridgehead atoms. The second-order valence-electron chi connectivity index (χ2n) is 6.86. The summed E-state index contributed by atoms with van der Waals surface area (Å²) in [6, 6.07) is 14.9. The molecule has 3 aromatic rings. The van der Waals surface area contributed by atoms with Gasteiger partial charge < -0.3 is 14.4 Å². The number of ether oxygens (including phenoxy) is 2. The molecule has 3 rings (SSSR count). The van der Waals surface area contributed by atoms with E-state index in [2.05, 4.69) is 54.1 Å². The van der Waals surface area contributed by atoms with Crippen LogP contribution < -0.4 is 14.4 Å². The first-order chi connectivity index (χ1) is 13.7. The number of methoxy groups -OCH3 is 2. The van der Waals surface area contributed by atoms with Crippen LogP contribution in [0.3, 0.4) is 0 Å². The molecule has 0 aliphatic rings. The van der Waals surface area contributed by atoms with Crippen LogP contribution in [0.1, 0.15) is 38.7 Å². The average molecular weight is 380 g/mol. The monoisotopic (exact) mass is 379 g/mol. The molecule has 0 aliphatic carbocycles. The second-order valence-corrected chi connectivity index (χ2v) is 6.86. The Labute approximate surface area is 167 Å². The largest absolute Gasteiger partial charge is 0.493 e. The maximum atomic E-state index is 5.60. The topological polar surface area (TPSA) is 47.5 Å². The summed E-state index contributed by atoms with van der Waals surface area (Å²) in [6.07, 6.45) is 4.92. The van der Waals surface area contributed by atoms with Gasteiger partial charge >= 0.3 is 0 Å². The van der Waals surface area contributed by atoms with Crippen molar-refractivity contribution in [3.63, 3.8) is 0 Å². The van der Waals surface area contributed by atoms with Crippen LogP contribution in [0.25, 0.3) is 10.9 Å². The molecule has 0 unspecified atom stereocenters. The fourth-order valence-electron chi connectivity index (χ4n) is 3.73. The summed E-state index contributed by atoms with van der Waals surface area (Å²) < 4.78 is 11.1. The fraction of sp³-hybridized carbons (Fsp3) is 0.391. The molecule has 2 aromatic carbocycles. The van der Waals surface area contributed by atoms with E-state index in [4.69, 9.17) is 14.5 Å². The minimum atomic E-state index is 0.399. The first kappa shape index (κ1) is 19.9. The summed E-state index contributed by atoms with van der Waals surface area (Å²) in [5.74, 6) is 2.26. The Morgan fingerprint density at radius 3 is 2.39 bits per heavy atom. The van der Waals surface area contributed by atoms with Gasteiger partial charge in [0.25, 0.3) is 0 Å². The Bertz CT molecular complexity index is 899. The highest BCUT2D eigenvalue weighted by atomic mass is 16.5. The molecular formula is C23H29N3O2. The predicted molar refractivity (Wildman–Crippen MR) is 114 cm³/mol. The minimum absolute atomic E-state index is 0.399. The van der Waals surface area contributed by atoms with Crippen molar-refractivity contribution in [1.82, 2.24) is 9.97 Å². The molecule has 148 valence electrons. The molecular weight excluding hydrogens is 350 g/mol. The van der Waals surface area contributed by atoms with Crippen molar-refractivity contribution in [2.75, 3.05) is 19.1 Å². The smallest absolute Gasteiger partial charge is 0.187 e. The zero-order valence-electron chi connectivity index (χ0n) is 17.2. The zero-order chi connectivity index (χ0) is 19.9. The number of anilines is 1. The number of hydrogen-bond acceptors (Lipinski definition) is 5. The van der Waals surface area contributed by atoms with Gasteiger partial charge in [0, 0.05) is 18.0 Å². The highest BCUT2D eigenvalue weighted by molar-refractivity contribution is 5.95. The Morgan fingerprint density at radius 2 is 1.75 bits per heavy atom. The lowest BCUT2D eigenvalue weighted by molar-refractivity contribution is 0.358. The van der Waals surface area contributed by atoms with Gasteiger partial charge in [-0.05, 0) is 30.5 Å². The molecule has 0 radical (unpaired) electrons. The molecule has 0 saturated heterocycles. The quantitative estimate of drug-likeness (QED) is 0.509. The van der Waals surface area contributed by atoms with Gasteiger partial charge in [-0.1, -0.05) is 50.6 Å². The number of rotatable bonds is 9. The number of aromatic nitrogens is 2. The highest BCUT2D eigenvalue weighted by Gasteiger charge is 2.22. The lowest BCUT2D eigenvalue weighted by Gasteiger charge is -2.33. The molecule has 0 aliphatic heterocycles. The summed E-state index contributed by atoms with van der Waals surface area (Å²) in [6.45, 7) is 5.28. The Hall–Kier alpha value is -2.82. The van der Waals surface area contributed by atoms with E-state index in [1.54, 1.807) is 20.5 Å². The molecule has 28 heavy (non-hydrogen) atoms. The molecule has 1 heterocycles. The maximum absolute atomic E-state index is 5.60. The summed E-state index contributed by atoms with van der Waals surface area (Å²) in [5, 5.41) is 0.977. The first-order valence-electron chi connectivity index (χ1n) is 9.89. The van der Waals surface area contributed by atoms with Crippen LogP contribution in [0.2, 0.25) is 0 Å². The van der Waals surface area contributed by atoms with Gasteiger partial charge in [-0.25, -0.2) is 9.97 Å². The Morgan fingerprint density at radius 1 is 0.964 bits per heavy atom. The molecule has 0 spiro atoms. The van der Waals surface area contributed by atoms with E-state index < -0.39 is 0 Å². The van der Waals surface area contributed by atoms with Gasteiger partial charge in [-0.2, -0.15) is 0 Å². The summed E-state index contributed by atoms with van der Waals surface area (Å²) >= 11 is 0. The maximum Gasteiger partial charge on any atom is 0.187 e. The van der Waals surface area contributed by atoms with Crippen molar-refractivity contribution < 1.29 is 9.47 Å². The highest BCUT2D eigenvalue weighted by Crippen LogP contribution is 2.38. The van der Waals surface area contributed by atoms with Gasteiger partial charge in [-0.3, -0.25) is 0 Å². The van der Waals surface area contributed by atoms with Crippen LogP contribution in [-0.4, -0.2) is 30.2 Å². The average Bonchev–Trinajstić information content (AvgIpc) is 2.75. The van der Waals surface area contributed by atoms with Crippen LogP contribution in [0, 0.1) is 0 Å². The standard InChI is InChI=1S/C23H29N3O2/c1-5-10-18(6-2)26(15-17-11-8-7-9-12-17)23-19-13-14-20(27-3)22(28-4)21(19)24-16-25-23/h7-9,11-14,16,18H,5-6,10,15H2,1-4H3/t18-/m0/s1. The van der Waals surface area contributed by atoms with E-state index >= 15 is 0 Å². The van der Waals surface area contributed by atoms with Gasteiger partial charge in [0.15, 0.2) is 11.5 Å². The van der Waals surface area contributed by atoms with E-state index in [9.17, 15) is 0 Å². The van der Waals surface area contributed by atoms with Crippen LogP contribution in [-0.2, 0) is 6.54 Å². The number of benzene rings is 2. The molecule has 0 saturated carbocycles. The minimum Gasteiger partial charge on any atom is -0.493 e. The van der Waals surface area contributed by atoms with E-state index in [0.29, 0.717) is 17.5 Å². The summed E-state index contributed by atoms with van der Waals surface area (Å²) in [5.41, 5.74) is 2.04. The van der Waals surface area contributed by atoms with E-state index in [-0.39, 0.29) is 0 Å². The van der Waals surface area contributed by atoms with Gasteiger partial charge in [0.1, 0.15) is 17.7 Å². The molecule has 1 aromatic heterocycles.